The van der Waals surface area contributed by atoms with Gasteiger partial charge in [-0.05, 0) is 12.0 Å². The van der Waals surface area contributed by atoms with Gasteiger partial charge in [0.05, 0.1) is 17.2 Å². The molecule has 1 N–H and O–H groups in total. The second-order valence-electron chi connectivity index (χ2n) is 4.48. The summed E-state index contributed by atoms with van der Waals surface area (Å²) in [5, 5.41) is 23.1. The average molecular weight is 290 g/mol. The molecule has 0 atom stereocenters. The van der Waals surface area contributed by atoms with E-state index in [0.717, 1.165) is 0 Å². The van der Waals surface area contributed by atoms with Crippen molar-refractivity contribution in [3.05, 3.63) is 34.4 Å². The lowest BCUT2D eigenvalue weighted by Crippen LogP contribution is -2.19. The molecular formula is C13H14N4O4. The minimum atomic E-state index is -0.843. The van der Waals surface area contributed by atoms with Gasteiger partial charge in [-0.3, -0.25) is 15.5 Å². The summed E-state index contributed by atoms with van der Waals surface area (Å²) in [6, 6.07) is 7.14. The molecule has 1 aromatic rings. The predicted molar refractivity (Wildman–Crippen MR) is 75.6 cm³/mol. The van der Waals surface area contributed by atoms with Crippen LogP contribution in [-0.2, 0) is 9.53 Å². The number of nitrogens with one attached hydrogen (secondary N) is 1. The van der Waals surface area contributed by atoms with E-state index < -0.39 is 16.6 Å². The van der Waals surface area contributed by atoms with Crippen molar-refractivity contribution in [3.8, 4) is 6.07 Å². The molecule has 8 nitrogen and oxygen atoms in total. The monoisotopic (exact) mass is 290 g/mol. The highest BCUT2D eigenvalue weighted by Gasteiger charge is 2.13. The molecular weight excluding hydrogens is 276 g/mol. The van der Waals surface area contributed by atoms with E-state index in [-0.39, 0.29) is 23.9 Å². The van der Waals surface area contributed by atoms with Crippen LogP contribution < -0.4 is 5.43 Å². The number of non-ortho nitro benzene ring substituents is 1. The molecule has 0 saturated heterocycles. The number of nitriles is 1. The summed E-state index contributed by atoms with van der Waals surface area (Å²) in [6.07, 6.45) is 0. The van der Waals surface area contributed by atoms with E-state index in [9.17, 15) is 14.9 Å². The van der Waals surface area contributed by atoms with Crippen LogP contribution in [0.5, 0.6) is 0 Å². The maximum atomic E-state index is 11.6. The van der Waals surface area contributed by atoms with Crippen LogP contribution in [-0.4, -0.2) is 23.2 Å². The van der Waals surface area contributed by atoms with Gasteiger partial charge in [-0.15, -0.1) is 0 Å². The van der Waals surface area contributed by atoms with Gasteiger partial charge in [0, 0.05) is 12.1 Å². The van der Waals surface area contributed by atoms with Gasteiger partial charge in [0.15, 0.2) is 0 Å². The first-order chi connectivity index (χ1) is 9.93. The molecule has 0 aromatic heterocycles. The molecule has 0 bridgehead atoms. The van der Waals surface area contributed by atoms with Gasteiger partial charge in [-0.2, -0.15) is 10.4 Å². The number of rotatable bonds is 6. The van der Waals surface area contributed by atoms with Crippen molar-refractivity contribution in [2.24, 2.45) is 11.0 Å². The van der Waals surface area contributed by atoms with Crippen LogP contribution in [0.2, 0.25) is 0 Å². The van der Waals surface area contributed by atoms with Crippen molar-refractivity contribution >= 4 is 23.1 Å². The number of ether oxygens (including phenoxy) is 1. The number of carbonyl (C=O) groups excluding carboxylic acids is 1. The molecule has 8 heteroatoms. The molecule has 0 heterocycles. The molecule has 1 rings (SSSR count). The number of hydrazone groups is 1. The molecule has 0 saturated carbocycles. The number of esters is 1. The third-order valence-corrected chi connectivity index (χ3v) is 2.20. The summed E-state index contributed by atoms with van der Waals surface area (Å²) in [4.78, 5) is 21.6. The topological polar surface area (TPSA) is 118 Å². The van der Waals surface area contributed by atoms with E-state index in [1.165, 1.54) is 24.3 Å². The zero-order valence-corrected chi connectivity index (χ0v) is 11.6. The van der Waals surface area contributed by atoms with E-state index in [2.05, 4.69) is 10.5 Å². The van der Waals surface area contributed by atoms with Crippen LogP contribution >= 0.6 is 0 Å². The number of carbonyl (C=O) groups is 1. The Morgan fingerprint density at radius 2 is 2.29 bits per heavy atom. The average Bonchev–Trinajstić information content (AvgIpc) is 2.46. The zero-order valence-electron chi connectivity index (χ0n) is 11.6. The first-order valence-electron chi connectivity index (χ1n) is 6.09. The smallest absolute Gasteiger partial charge is 0.369 e. The summed E-state index contributed by atoms with van der Waals surface area (Å²) in [6.45, 7) is 3.89. The predicted octanol–water partition coefficient (Wildman–Crippen LogP) is 2.09. The molecule has 1 aromatic carbocycles. The zero-order chi connectivity index (χ0) is 15.8. The van der Waals surface area contributed by atoms with Crippen LogP contribution in [0.4, 0.5) is 11.4 Å². The van der Waals surface area contributed by atoms with Crippen molar-refractivity contribution in [3.63, 3.8) is 0 Å². The summed E-state index contributed by atoms with van der Waals surface area (Å²) in [5.74, 6) is -0.706. The van der Waals surface area contributed by atoms with E-state index >= 15 is 0 Å². The molecule has 0 radical (unpaired) electrons. The lowest BCUT2D eigenvalue weighted by atomic mass is 10.2. The molecule has 0 aliphatic carbocycles. The molecule has 0 amide bonds. The second-order valence-corrected chi connectivity index (χ2v) is 4.48. The third-order valence-electron chi connectivity index (χ3n) is 2.20. The van der Waals surface area contributed by atoms with Gasteiger partial charge in [0.25, 0.3) is 5.69 Å². The minimum Gasteiger partial charge on any atom is -0.460 e. The largest absolute Gasteiger partial charge is 0.460 e. The Labute approximate surface area is 121 Å². The Hall–Kier alpha value is -2.95. The van der Waals surface area contributed by atoms with E-state index in [1.54, 1.807) is 6.07 Å². The van der Waals surface area contributed by atoms with Gasteiger partial charge in [-0.25, -0.2) is 4.79 Å². The maximum Gasteiger partial charge on any atom is 0.369 e. The van der Waals surface area contributed by atoms with Gasteiger partial charge in [0.2, 0.25) is 5.71 Å². The van der Waals surface area contributed by atoms with Crippen molar-refractivity contribution in [1.29, 1.82) is 5.26 Å². The fraction of sp³-hybridized carbons (Fsp3) is 0.308. The molecule has 0 aliphatic rings. The Balaban J connectivity index is 2.77. The summed E-state index contributed by atoms with van der Waals surface area (Å²) >= 11 is 0. The highest BCUT2D eigenvalue weighted by molar-refractivity contribution is 6.43. The molecule has 110 valence electrons. The van der Waals surface area contributed by atoms with Crippen LogP contribution in [0.25, 0.3) is 0 Å². The number of anilines is 1. The van der Waals surface area contributed by atoms with Crippen LogP contribution in [0.15, 0.2) is 29.4 Å². The van der Waals surface area contributed by atoms with Crippen molar-refractivity contribution in [2.45, 2.75) is 13.8 Å². The Morgan fingerprint density at radius 3 is 2.86 bits per heavy atom. The molecule has 0 aliphatic heterocycles. The normalized spacial score (nSPS) is 10.9. The van der Waals surface area contributed by atoms with Crippen LogP contribution in [0, 0.1) is 27.4 Å². The van der Waals surface area contributed by atoms with Crippen molar-refractivity contribution in [1.82, 2.24) is 0 Å². The van der Waals surface area contributed by atoms with Gasteiger partial charge in [0.1, 0.15) is 6.07 Å². The van der Waals surface area contributed by atoms with E-state index in [4.69, 9.17) is 10.00 Å². The summed E-state index contributed by atoms with van der Waals surface area (Å²) in [5.41, 5.74) is 2.12. The number of nitrogens with zero attached hydrogens (tertiary/aromatic N) is 3. The van der Waals surface area contributed by atoms with Crippen molar-refractivity contribution in [2.75, 3.05) is 12.0 Å². The molecule has 0 unspecified atom stereocenters. The Morgan fingerprint density at radius 1 is 1.57 bits per heavy atom. The molecule has 0 fully saturated rings. The first kappa shape index (κ1) is 16.1. The second kappa shape index (κ2) is 7.59. The van der Waals surface area contributed by atoms with E-state index in [1.807, 2.05) is 13.8 Å². The third kappa shape index (κ3) is 5.28. The van der Waals surface area contributed by atoms with E-state index in [0.29, 0.717) is 0 Å². The quantitative estimate of drug-likeness (QED) is 0.371. The van der Waals surface area contributed by atoms with Gasteiger partial charge >= 0.3 is 5.97 Å². The number of benzene rings is 1. The SMILES string of the molecule is CC(C)COC(=O)/C(C#N)=N\Nc1cccc([N+](=O)[O-])c1. The van der Waals surface area contributed by atoms with Crippen LogP contribution in [0.1, 0.15) is 13.8 Å². The highest BCUT2D eigenvalue weighted by atomic mass is 16.6. The fourth-order valence-corrected chi connectivity index (χ4v) is 1.24. The number of hydrogen-bond acceptors (Lipinski definition) is 7. The van der Waals surface area contributed by atoms with Gasteiger partial charge in [-0.1, -0.05) is 19.9 Å². The Bertz CT molecular complexity index is 604. The highest BCUT2D eigenvalue weighted by Crippen LogP contribution is 2.16. The first-order valence-corrected chi connectivity index (χ1v) is 6.09. The summed E-state index contributed by atoms with van der Waals surface area (Å²) < 4.78 is 4.87. The minimum absolute atomic E-state index is 0.129. The van der Waals surface area contributed by atoms with Crippen molar-refractivity contribution < 1.29 is 14.5 Å². The lowest BCUT2D eigenvalue weighted by Gasteiger charge is -2.05. The summed E-state index contributed by atoms with van der Waals surface area (Å²) in [7, 11) is 0. The molecule has 21 heavy (non-hydrogen) atoms. The number of nitro benzene ring substituents is 1. The maximum absolute atomic E-state index is 11.6. The standard InChI is InChI=1S/C13H14N4O4/c1-9(2)8-21-13(18)12(7-14)16-15-10-4-3-5-11(6-10)17(19)20/h3-6,9,15H,8H2,1-2H3/b16-12-. The number of nitro groups is 1. The van der Waals surface area contributed by atoms with Gasteiger partial charge < -0.3 is 4.74 Å². The van der Waals surface area contributed by atoms with Crippen LogP contribution in [0.3, 0.4) is 0 Å². The fourth-order valence-electron chi connectivity index (χ4n) is 1.24. The molecule has 0 spiro atoms. The number of hydrogen-bond donors (Lipinski definition) is 1. The Kier molecular flexibility index (Phi) is 5.82. The lowest BCUT2D eigenvalue weighted by molar-refractivity contribution is -0.384.